The van der Waals surface area contributed by atoms with Crippen LogP contribution in [-0.2, 0) is 14.3 Å². The van der Waals surface area contributed by atoms with Crippen molar-refractivity contribution in [3.63, 3.8) is 0 Å². The number of methoxy groups -OCH3 is 1. The van der Waals surface area contributed by atoms with E-state index in [0.29, 0.717) is 12.8 Å². The summed E-state index contributed by atoms with van der Waals surface area (Å²) in [5, 5.41) is 3.01. The fourth-order valence-electron chi connectivity index (χ4n) is 1.81. The minimum absolute atomic E-state index is 0.394. The first kappa shape index (κ1) is 10.5. The molecule has 0 spiro atoms. The maximum Gasteiger partial charge on any atom is 0.309 e. The van der Waals surface area contributed by atoms with E-state index in [9.17, 15) is 9.59 Å². The summed E-state index contributed by atoms with van der Waals surface area (Å²) in [4.78, 5) is 24.9. The summed E-state index contributed by atoms with van der Waals surface area (Å²) >= 11 is 0. The van der Waals surface area contributed by atoms with E-state index in [1.165, 1.54) is 7.11 Å². The fourth-order valence-corrected chi connectivity index (χ4v) is 1.81. The number of amides is 1. The second-order valence-corrected chi connectivity index (χ2v) is 3.19. The number of azide groups is 1. The highest BCUT2D eigenvalue weighted by atomic mass is 16.5. The van der Waals surface area contributed by atoms with Gasteiger partial charge in [-0.3, -0.25) is 9.59 Å². The van der Waals surface area contributed by atoms with Crippen LogP contribution in [0.3, 0.4) is 0 Å². The minimum atomic E-state index is -0.555. The number of carbonyl (C=O) groups excluding carboxylic acids is 2. The number of carbonyl (C=O) groups is 2. The van der Waals surface area contributed by atoms with Crippen molar-refractivity contribution in [2.45, 2.75) is 19.3 Å². The summed E-state index contributed by atoms with van der Waals surface area (Å²) < 4.78 is 4.57. The molecule has 2 atom stereocenters. The van der Waals surface area contributed by atoms with Crippen LogP contribution in [0.25, 0.3) is 10.4 Å². The molecule has 0 aliphatic heterocycles. The van der Waals surface area contributed by atoms with Crippen molar-refractivity contribution >= 4 is 11.9 Å². The van der Waals surface area contributed by atoms with Crippen molar-refractivity contribution < 1.29 is 14.3 Å². The van der Waals surface area contributed by atoms with Gasteiger partial charge in [-0.15, -0.1) is 0 Å². The first-order valence-electron chi connectivity index (χ1n) is 4.37. The molecule has 76 valence electrons. The van der Waals surface area contributed by atoms with Gasteiger partial charge in [-0.1, -0.05) is 6.42 Å². The third-order valence-corrected chi connectivity index (χ3v) is 2.48. The van der Waals surface area contributed by atoms with E-state index >= 15 is 0 Å². The topological polar surface area (TPSA) is 92.1 Å². The SMILES string of the molecule is COC(=O)[C@@H]1CCC[C@@H]1C(=O)N=[N+]=[N-]. The molecule has 1 rings (SSSR count). The number of hydrogen-bond donors (Lipinski definition) is 0. The second-order valence-electron chi connectivity index (χ2n) is 3.19. The zero-order valence-electron chi connectivity index (χ0n) is 7.84. The van der Waals surface area contributed by atoms with Gasteiger partial charge in [0.25, 0.3) is 0 Å². The number of ether oxygens (including phenoxy) is 1. The van der Waals surface area contributed by atoms with Crippen molar-refractivity contribution in [3.05, 3.63) is 10.4 Å². The lowest BCUT2D eigenvalue weighted by atomic mass is 9.96. The van der Waals surface area contributed by atoms with Crippen LogP contribution in [-0.4, -0.2) is 19.0 Å². The average Bonchev–Trinajstić information content (AvgIpc) is 2.65. The van der Waals surface area contributed by atoms with Crippen molar-refractivity contribution in [3.8, 4) is 0 Å². The maximum absolute atomic E-state index is 11.2. The molecule has 1 saturated carbocycles. The van der Waals surface area contributed by atoms with Crippen molar-refractivity contribution in [1.29, 1.82) is 0 Å². The average molecular weight is 197 g/mol. The van der Waals surface area contributed by atoms with E-state index in [4.69, 9.17) is 5.53 Å². The van der Waals surface area contributed by atoms with Gasteiger partial charge in [0, 0.05) is 10.8 Å². The molecule has 6 nitrogen and oxygen atoms in total. The van der Waals surface area contributed by atoms with Gasteiger partial charge in [0.1, 0.15) is 0 Å². The molecule has 0 aromatic heterocycles. The smallest absolute Gasteiger partial charge is 0.309 e. The molecule has 0 aromatic rings. The fraction of sp³-hybridized carbons (Fsp3) is 0.750. The Morgan fingerprint density at radius 2 is 2.07 bits per heavy atom. The first-order valence-corrected chi connectivity index (χ1v) is 4.37. The van der Waals surface area contributed by atoms with Gasteiger partial charge in [-0.05, 0) is 23.5 Å². The molecule has 14 heavy (non-hydrogen) atoms. The molecule has 0 unspecified atom stereocenters. The predicted molar refractivity (Wildman–Crippen MR) is 47.0 cm³/mol. The Morgan fingerprint density at radius 3 is 2.64 bits per heavy atom. The summed E-state index contributed by atoms with van der Waals surface area (Å²) in [6, 6.07) is 0. The monoisotopic (exact) mass is 197 g/mol. The lowest BCUT2D eigenvalue weighted by Gasteiger charge is -2.13. The zero-order valence-corrected chi connectivity index (χ0v) is 7.84. The van der Waals surface area contributed by atoms with Crippen LogP contribution >= 0.6 is 0 Å². The number of nitrogens with zero attached hydrogens (tertiary/aromatic N) is 3. The Morgan fingerprint density at radius 1 is 1.43 bits per heavy atom. The van der Waals surface area contributed by atoms with Gasteiger partial charge in [-0.2, -0.15) is 0 Å². The molecule has 0 saturated heterocycles. The molecule has 6 heteroatoms. The highest BCUT2D eigenvalue weighted by molar-refractivity contribution is 5.86. The van der Waals surface area contributed by atoms with Crippen molar-refractivity contribution in [2.75, 3.05) is 7.11 Å². The first-order chi connectivity index (χ1) is 6.70. The predicted octanol–water partition coefficient (Wildman–Crippen LogP) is 1.41. The van der Waals surface area contributed by atoms with E-state index in [1.54, 1.807) is 0 Å². The summed E-state index contributed by atoms with van der Waals surface area (Å²) in [6.45, 7) is 0. The van der Waals surface area contributed by atoms with Crippen LogP contribution in [0.15, 0.2) is 5.11 Å². The number of hydrogen-bond acceptors (Lipinski definition) is 3. The third-order valence-electron chi connectivity index (χ3n) is 2.48. The third kappa shape index (κ3) is 2.03. The summed E-state index contributed by atoms with van der Waals surface area (Å²) in [5.74, 6) is -1.87. The Labute approximate surface area is 80.9 Å². The van der Waals surface area contributed by atoms with Crippen molar-refractivity contribution in [2.24, 2.45) is 17.0 Å². The van der Waals surface area contributed by atoms with Gasteiger partial charge in [-0.25, -0.2) is 0 Å². The molecule has 1 fully saturated rings. The maximum atomic E-state index is 11.2. The van der Waals surface area contributed by atoms with Crippen LogP contribution in [0.2, 0.25) is 0 Å². The molecule has 1 aliphatic rings. The number of rotatable bonds is 2. The largest absolute Gasteiger partial charge is 0.469 e. The molecular formula is C8H11N3O3. The van der Waals surface area contributed by atoms with Crippen LogP contribution in [0.5, 0.6) is 0 Å². The Kier molecular flexibility index (Phi) is 3.48. The normalized spacial score (nSPS) is 25.2. The van der Waals surface area contributed by atoms with Gasteiger partial charge >= 0.3 is 5.97 Å². The Hall–Kier alpha value is -1.55. The second kappa shape index (κ2) is 4.62. The van der Waals surface area contributed by atoms with Crippen LogP contribution in [0, 0.1) is 11.8 Å². The molecule has 0 radical (unpaired) electrons. The summed E-state index contributed by atoms with van der Waals surface area (Å²) in [7, 11) is 1.29. The van der Waals surface area contributed by atoms with E-state index in [2.05, 4.69) is 14.8 Å². The number of esters is 1. The lowest BCUT2D eigenvalue weighted by Crippen LogP contribution is -2.25. The molecule has 0 heterocycles. The molecule has 1 amide bonds. The van der Waals surface area contributed by atoms with Crippen LogP contribution in [0.1, 0.15) is 19.3 Å². The Balaban J connectivity index is 2.73. The van der Waals surface area contributed by atoms with E-state index < -0.39 is 23.7 Å². The molecule has 1 aliphatic carbocycles. The summed E-state index contributed by atoms with van der Waals surface area (Å²) in [5.41, 5.74) is 8.10. The molecule has 0 aromatic carbocycles. The quantitative estimate of drug-likeness (QED) is 0.290. The van der Waals surface area contributed by atoms with E-state index in [0.717, 1.165) is 6.42 Å². The minimum Gasteiger partial charge on any atom is -0.469 e. The van der Waals surface area contributed by atoms with Gasteiger partial charge in [0.15, 0.2) is 0 Å². The van der Waals surface area contributed by atoms with Gasteiger partial charge in [0.05, 0.1) is 13.0 Å². The highest BCUT2D eigenvalue weighted by Crippen LogP contribution is 2.33. The highest BCUT2D eigenvalue weighted by Gasteiger charge is 2.37. The standard InChI is InChI=1S/C8H11N3O3/c1-14-8(13)6-4-2-3-5(6)7(12)10-11-9/h5-6H,2-4H2,1H3/t5-,6+/m0/s1. The lowest BCUT2D eigenvalue weighted by molar-refractivity contribution is -0.148. The molecule has 0 N–H and O–H groups in total. The Bertz CT molecular complexity index is 296. The van der Waals surface area contributed by atoms with E-state index in [-0.39, 0.29) is 0 Å². The van der Waals surface area contributed by atoms with Crippen molar-refractivity contribution in [1.82, 2.24) is 0 Å². The summed E-state index contributed by atoms with van der Waals surface area (Å²) in [6.07, 6.45) is 2.01. The van der Waals surface area contributed by atoms with Gasteiger partial charge < -0.3 is 4.74 Å². The van der Waals surface area contributed by atoms with Crippen LogP contribution in [0.4, 0.5) is 0 Å². The molecule has 0 bridgehead atoms. The van der Waals surface area contributed by atoms with E-state index in [1.807, 2.05) is 0 Å². The van der Waals surface area contributed by atoms with Gasteiger partial charge in [0.2, 0.25) is 5.91 Å². The zero-order chi connectivity index (χ0) is 10.6. The molecular weight excluding hydrogens is 186 g/mol. The van der Waals surface area contributed by atoms with Crippen LogP contribution < -0.4 is 0 Å².